The van der Waals surface area contributed by atoms with Crippen molar-refractivity contribution in [3.63, 3.8) is 0 Å². The zero-order valence-electron chi connectivity index (χ0n) is 13.0. The van der Waals surface area contributed by atoms with E-state index in [0.717, 1.165) is 26.2 Å². The van der Waals surface area contributed by atoms with E-state index in [1.807, 2.05) is 0 Å². The molecule has 6 heteroatoms. The summed E-state index contributed by atoms with van der Waals surface area (Å²) in [6, 6.07) is 6.75. The molecular weight excluding hydrogens is 282 g/mol. The molecule has 0 saturated carbocycles. The monoisotopic (exact) mass is 303 g/mol. The standard InChI is InChI=1S/C16H21N3O3/c1-17-6-8-18(9-7-17)14-11-15(20)19(16(14)21)12-4-3-5-13(10-12)22-2/h3-5,10,14H,6-9,11H2,1-2H3. The molecule has 0 bridgehead atoms. The zero-order valence-corrected chi connectivity index (χ0v) is 13.0. The van der Waals surface area contributed by atoms with E-state index in [-0.39, 0.29) is 24.3 Å². The van der Waals surface area contributed by atoms with Crippen LogP contribution in [0.5, 0.6) is 5.75 Å². The lowest BCUT2D eigenvalue weighted by molar-refractivity contribution is -0.123. The minimum atomic E-state index is -0.326. The summed E-state index contributed by atoms with van der Waals surface area (Å²) in [5.41, 5.74) is 0.589. The molecule has 6 nitrogen and oxygen atoms in total. The van der Waals surface area contributed by atoms with Crippen molar-refractivity contribution in [2.45, 2.75) is 12.5 Å². The Morgan fingerprint density at radius 1 is 1.14 bits per heavy atom. The molecule has 118 valence electrons. The first-order valence-electron chi connectivity index (χ1n) is 7.53. The van der Waals surface area contributed by atoms with Gasteiger partial charge in [-0.2, -0.15) is 0 Å². The summed E-state index contributed by atoms with van der Waals surface area (Å²) in [4.78, 5) is 30.7. The highest BCUT2D eigenvalue weighted by atomic mass is 16.5. The van der Waals surface area contributed by atoms with E-state index in [1.54, 1.807) is 31.4 Å². The van der Waals surface area contributed by atoms with Gasteiger partial charge in [0.2, 0.25) is 5.91 Å². The molecule has 2 heterocycles. The Labute approximate surface area is 130 Å². The number of likely N-dealkylation sites (N-methyl/N-ethyl adjacent to an activating group) is 1. The van der Waals surface area contributed by atoms with Crippen molar-refractivity contribution in [1.29, 1.82) is 0 Å². The normalized spacial score (nSPS) is 24.1. The van der Waals surface area contributed by atoms with E-state index < -0.39 is 0 Å². The number of carbonyl (C=O) groups is 2. The van der Waals surface area contributed by atoms with Crippen LogP contribution in [-0.4, -0.2) is 68.0 Å². The van der Waals surface area contributed by atoms with Gasteiger partial charge in [0.1, 0.15) is 5.75 Å². The third-order valence-electron chi connectivity index (χ3n) is 4.41. The number of rotatable bonds is 3. The van der Waals surface area contributed by atoms with E-state index in [1.165, 1.54) is 4.90 Å². The largest absolute Gasteiger partial charge is 0.497 e. The quantitative estimate of drug-likeness (QED) is 0.764. The fraction of sp³-hybridized carbons (Fsp3) is 0.500. The van der Waals surface area contributed by atoms with Crippen molar-refractivity contribution in [2.24, 2.45) is 0 Å². The zero-order chi connectivity index (χ0) is 15.7. The Hall–Kier alpha value is -1.92. The molecule has 2 fully saturated rings. The number of hydrogen-bond acceptors (Lipinski definition) is 5. The summed E-state index contributed by atoms with van der Waals surface area (Å²) in [5.74, 6) is 0.381. The maximum atomic E-state index is 12.7. The molecule has 1 unspecified atom stereocenters. The number of piperazine rings is 1. The Bertz CT molecular complexity index is 582. The molecule has 1 aromatic rings. The van der Waals surface area contributed by atoms with Crippen LogP contribution in [0, 0.1) is 0 Å². The van der Waals surface area contributed by atoms with Gasteiger partial charge in [-0.15, -0.1) is 0 Å². The molecule has 1 atom stereocenters. The number of imide groups is 1. The second-order valence-corrected chi connectivity index (χ2v) is 5.83. The number of amides is 2. The smallest absolute Gasteiger partial charge is 0.251 e. The van der Waals surface area contributed by atoms with Gasteiger partial charge >= 0.3 is 0 Å². The minimum absolute atomic E-state index is 0.122. The van der Waals surface area contributed by atoms with Gasteiger partial charge in [-0.05, 0) is 19.2 Å². The predicted octanol–water partition coefficient (Wildman–Crippen LogP) is 0.574. The summed E-state index contributed by atoms with van der Waals surface area (Å²) in [6.07, 6.45) is 0.264. The van der Waals surface area contributed by atoms with Crippen molar-refractivity contribution in [2.75, 3.05) is 45.2 Å². The molecule has 0 aliphatic carbocycles. The Morgan fingerprint density at radius 2 is 1.86 bits per heavy atom. The molecule has 1 aromatic carbocycles. The van der Waals surface area contributed by atoms with Gasteiger partial charge in [0.15, 0.2) is 0 Å². The Morgan fingerprint density at radius 3 is 2.55 bits per heavy atom. The van der Waals surface area contributed by atoms with Gasteiger partial charge in [0, 0.05) is 32.2 Å². The molecule has 0 N–H and O–H groups in total. The van der Waals surface area contributed by atoms with Crippen molar-refractivity contribution < 1.29 is 14.3 Å². The molecule has 22 heavy (non-hydrogen) atoms. The van der Waals surface area contributed by atoms with Crippen molar-refractivity contribution in [3.8, 4) is 5.75 Å². The van der Waals surface area contributed by atoms with Crippen molar-refractivity contribution >= 4 is 17.5 Å². The van der Waals surface area contributed by atoms with Crippen molar-refractivity contribution in [3.05, 3.63) is 24.3 Å². The number of anilines is 1. The van der Waals surface area contributed by atoms with Crippen LogP contribution in [0.1, 0.15) is 6.42 Å². The van der Waals surface area contributed by atoms with Crippen LogP contribution in [0.2, 0.25) is 0 Å². The number of nitrogens with zero attached hydrogens (tertiary/aromatic N) is 3. The summed E-state index contributed by atoms with van der Waals surface area (Å²) in [7, 11) is 3.64. The average Bonchev–Trinajstić information content (AvgIpc) is 2.83. The molecule has 2 amide bonds. The highest BCUT2D eigenvalue weighted by molar-refractivity contribution is 6.22. The molecule has 0 radical (unpaired) electrons. The second kappa shape index (κ2) is 6.06. The second-order valence-electron chi connectivity index (χ2n) is 5.83. The van der Waals surface area contributed by atoms with Gasteiger partial charge < -0.3 is 9.64 Å². The lowest BCUT2D eigenvalue weighted by Crippen LogP contribution is -2.51. The highest BCUT2D eigenvalue weighted by Gasteiger charge is 2.43. The maximum Gasteiger partial charge on any atom is 0.251 e. The van der Waals surface area contributed by atoms with Crippen LogP contribution < -0.4 is 9.64 Å². The van der Waals surface area contributed by atoms with Gasteiger partial charge in [-0.25, -0.2) is 4.90 Å². The number of carbonyl (C=O) groups excluding carboxylic acids is 2. The molecule has 3 rings (SSSR count). The fourth-order valence-electron chi connectivity index (χ4n) is 3.06. The number of benzene rings is 1. The number of hydrogen-bond donors (Lipinski definition) is 0. The van der Waals surface area contributed by atoms with Gasteiger partial charge in [-0.1, -0.05) is 6.07 Å². The van der Waals surface area contributed by atoms with E-state index >= 15 is 0 Å². The third kappa shape index (κ3) is 2.71. The predicted molar refractivity (Wildman–Crippen MR) is 83.0 cm³/mol. The molecular formula is C16H21N3O3. The average molecular weight is 303 g/mol. The van der Waals surface area contributed by atoms with E-state index in [0.29, 0.717) is 11.4 Å². The summed E-state index contributed by atoms with van der Waals surface area (Å²) in [6.45, 7) is 3.51. The maximum absolute atomic E-state index is 12.7. The summed E-state index contributed by atoms with van der Waals surface area (Å²) < 4.78 is 5.17. The Balaban J connectivity index is 1.79. The fourth-order valence-corrected chi connectivity index (χ4v) is 3.06. The number of methoxy groups -OCH3 is 1. The third-order valence-corrected chi connectivity index (χ3v) is 4.41. The Kier molecular flexibility index (Phi) is 4.13. The van der Waals surface area contributed by atoms with E-state index in [9.17, 15) is 9.59 Å². The van der Waals surface area contributed by atoms with Gasteiger partial charge in [0.05, 0.1) is 25.3 Å². The van der Waals surface area contributed by atoms with Crippen LogP contribution in [0.4, 0.5) is 5.69 Å². The first kappa shape index (κ1) is 15.0. The topological polar surface area (TPSA) is 53.1 Å². The lowest BCUT2D eigenvalue weighted by atomic mass is 10.2. The summed E-state index contributed by atoms with van der Waals surface area (Å²) in [5, 5.41) is 0. The van der Waals surface area contributed by atoms with Gasteiger partial charge in [-0.3, -0.25) is 14.5 Å². The summed E-state index contributed by atoms with van der Waals surface area (Å²) >= 11 is 0. The van der Waals surface area contributed by atoms with Crippen LogP contribution in [0.3, 0.4) is 0 Å². The molecule has 2 saturated heterocycles. The molecule has 2 aliphatic heterocycles. The first-order chi connectivity index (χ1) is 10.6. The van der Waals surface area contributed by atoms with Crippen LogP contribution >= 0.6 is 0 Å². The van der Waals surface area contributed by atoms with Gasteiger partial charge in [0.25, 0.3) is 5.91 Å². The lowest BCUT2D eigenvalue weighted by Gasteiger charge is -2.35. The SMILES string of the molecule is COc1cccc(N2C(=O)CC(N3CCN(C)CC3)C2=O)c1. The van der Waals surface area contributed by atoms with E-state index in [2.05, 4.69) is 16.8 Å². The molecule has 2 aliphatic rings. The van der Waals surface area contributed by atoms with E-state index in [4.69, 9.17) is 4.74 Å². The molecule has 0 spiro atoms. The molecule has 0 aromatic heterocycles. The van der Waals surface area contributed by atoms with Crippen molar-refractivity contribution in [1.82, 2.24) is 9.80 Å². The highest BCUT2D eigenvalue weighted by Crippen LogP contribution is 2.28. The first-order valence-corrected chi connectivity index (χ1v) is 7.53. The van der Waals surface area contributed by atoms with Crippen LogP contribution in [0.15, 0.2) is 24.3 Å². The minimum Gasteiger partial charge on any atom is -0.497 e. The van der Waals surface area contributed by atoms with Crippen LogP contribution in [0.25, 0.3) is 0 Å². The number of ether oxygens (including phenoxy) is 1. The van der Waals surface area contributed by atoms with Crippen LogP contribution in [-0.2, 0) is 9.59 Å².